The molecule has 0 aromatic heterocycles. The minimum absolute atomic E-state index is 0.0953. The number of nitrogens with one attached hydrogen (secondary N) is 1. The third-order valence-corrected chi connectivity index (χ3v) is 3.79. The lowest BCUT2D eigenvalue weighted by Gasteiger charge is -2.11. The Bertz CT molecular complexity index is 110. The quantitative estimate of drug-likeness (QED) is 0.338. The van der Waals surface area contributed by atoms with Gasteiger partial charge in [0.15, 0.2) is 0 Å². The predicted molar refractivity (Wildman–Crippen MR) is 56.9 cm³/mol. The van der Waals surface area contributed by atoms with Crippen LogP contribution in [0.3, 0.4) is 0 Å². The maximum absolute atomic E-state index is 5.53. The maximum Gasteiger partial charge on any atom is 0.320 e. The van der Waals surface area contributed by atoms with Gasteiger partial charge in [-0.25, -0.2) is 0 Å². The Morgan fingerprint density at radius 2 is 1.92 bits per heavy atom. The molecule has 0 aromatic carbocycles. The van der Waals surface area contributed by atoms with E-state index in [0.717, 1.165) is 25.4 Å². The standard InChI is InChI=1S/C8H22N2O2Si/c1-8(9)10-6-4-5-7-13(11-2)12-3/h8,10,13H,4-7,9H2,1-3H3. The van der Waals surface area contributed by atoms with E-state index in [1.165, 1.54) is 0 Å². The number of unbranched alkanes of at least 4 members (excludes halogenated alkanes) is 1. The van der Waals surface area contributed by atoms with E-state index in [4.69, 9.17) is 14.6 Å². The molecule has 5 heteroatoms. The third-order valence-electron chi connectivity index (χ3n) is 1.86. The third kappa shape index (κ3) is 8.39. The lowest BCUT2D eigenvalue weighted by Crippen LogP contribution is -2.34. The van der Waals surface area contributed by atoms with Crippen molar-refractivity contribution in [2.75, 3.05) is 20.8 Å². The van der Waals surface area contributed by atoms with Gasteiger partial charge in [0.25, 0.3) is 0 Å². The minimum Gasteiger partial charge on any atom is -0.400 e. The molecule has 0 fully saturated rings. The molecule has 0 saturated carbocycles. The Morgan fingerprint density at radius 1 is 1.31 bits per heavy atom. The smallest absolute Gasteiger partial charge is 0.320 e. The summed E-state index contributed by atoms with van der Waals surface area (Å²) in [6.07, 6.45) is 2.38. The summed E-state index contributed by atoms with van der Waals surface area (Å²) in [6.45, 7) is 2.92. The van der Waals surface area contributed by atoms with Crippen LogP contribution in [0.2, 0.25) is 6.04 Å². The first-order chi connectivity index (χ1) is 6.20. The molecule has 0 saturated heterocycles. The van der Waals surface area contributed by atoms with Gasteiger partial charge in [-0.15, -0.1) is 0 Å². The Balaban J connectivity index is 3.14. The van der Waals surface area contributed by atoms with Gasteiger partial charge in [-0.3, -0.25) is 0 Å². The Morgan fingerprint density at radius 3 is 2.38 bits per heavy atom. The van der Waals surface area contributed by atoms with Gasteiger partial charge in [-0.1, -0.05) is 6.42 Å². The highest BCUT2D eigenvalue weighted by atomic mass is 28.3. The van der Waals surface area contributed by atoms with Crippen molar-refractivity contribution in [3.05, 3.63) is 0 Å². The first-order valence-corrected chi connectivity index (χ1v) is 6.51. The number of hydrogen-bond donors (Lipinski definition) is 2. The molecule has 0 heterocycles. The highest BCUT2D eigenvalue weighted by Crippen LogP contribution is 2.01. The van der Waals surface area contributed by atoms with Crippen LogP contribution in [0.25, 0.3) is 0 Å². The summed E-state index contributed by atoms with van der Waals surface area (Å²) in [6, 6.07) is 1.08. The highest BCUT2D eigenvalue weighted by Gasteiger charge is 2.07. The fraction of sp³-hybridized carbons (Fsp3) is 1.00. The molecule has 0 aromatic rings. The fourth-order valence-corrected chi connectivity index (χ4v) is 2.38. The van der Waals surface area contributed by atoms with Gasteiger partial charge in [-0.05, 0) is 25.9 Å². The van der Waals surface area contributed by atoms with Crippen molar-refractivity contribution < 1.29 is 8.85 Å². The SMILES string of the molecule is CO[SiH](CCCCNC(C)N)OC. The molecule has 0 spiro atoms. The molecule has 4 nitrogen and oxygen atoms in total. The zero-order chi connectivity index (χ0) is 10.1. The van der Waals surface area contributed by atoms with Crippen LogP contribution in [0.4, 0.5) is 0 Å². The second kappa shape index (κ2) is 8.65. The molecule has 13 heavy (non-hydrogen) atoms. The summed E-state index contributed by atoms with van der Waals surface area (Å²) in [7, 11) is 2.13. The highest BCUT2D eigenvalue weighted by molar-refractivity contribution is 6.44. The zero-order valence-corrected chi connectivity index (χ0v) is 10.0. The number of nitrogens with two attached hydrogens (primary N) is 1. The molecule has 0 radical (unpaired) electrons. The first-order valence-electron chi connectivity index (χ1n) is 4.75. The van der Waals surface area contributed by atoms with E-state index < -0.39 is 9.28 Å². The molecule has 0 aliphatic rings. The van der Waals surface area contributed by atoms with Crippen molar-refractivity contribution in [2.24, 2.45) is 5.73 Å². The van der Waals surface area contributed by atoms with E-state index in [1.54, 1.807) is 14.2 Å². The van der Waals surface area contributed by atoms with Crippen LogP contribution in [-0.2, 0) is 8.85 Å². The molecule has 3 N–H and O–H groups in total. The van der Waals surface area contributed by atoms with Crippen molar-refractivity contribution in [1.29, 1.82) is 0 Å². The molecule has 0 aliphatic heterocycles. The van der Waals surface area contributed by atoms with Crippen molar-refractivity contribution in [1.82, 2.24) is 5.32 Å². The summed E-state index contributed by atoms with van der Waals surface area (Å²) < 4.78 is 10.4. The molecule has 1 unspecified atom stereocenters. The van der Waals surface area contributed by atoms with Crippen molar-refractivity contribution in [3.63, 3.8) is 0 Å². The Labute approximate surface area is 82.6 Å². The molecule has 1 atom stereocenters. The summed E-state index contributed by atoms with van der Waals surface area (Å²) in [4.78, 5) is 0. The van der Waals surface area contributed by atoms with Crippen LogP contribution in [0, 0.1) is 0 Å². The Hall–Kier alpha value is 0.0569. The van der Waals surface area contributed by atoms with Crippen molar-refractivity contribution >= 4 is 9.28 Å². The lowest BCUT2D eigenvalue weighted by molar-refractivity contribution is 0.276. The second-order valence-electron chi connectivity index (χ2n) is 3.14. The summed E-state index contributed by atoms with van der Waals surface area (Å²) in [5.41, 5.74) is 5.53. The fourth-order valence-electron chi connectivity index (χ4n) is 1.10. The number of rotatable bonds is 8. The van der Waals surface area contributed by atoms with Gasteiger partial charge in [-0.2, -0.15) is 0 Å². The Kier molecular flexibility index (Phi) is 8.68. The topological polar surface area (TPSA) is 56.5 Å². The first kappa shape index (κ1) is 13.1. The van der Waals surface area contributed by atoms with E-state index in [1.807, 2.05) is 6.92 Å². The van der Waals surface area contributed by atoms with Gasteiger partial charge in [0.05, 0.1) is 6.17 Å². The normalized spacial score (nSPS) is 13.6. The van der Waals surface area contributed by atoms with Crippen LogP contribution in [0.5, 0.6) is 0 Å². The molecule has 0 aliphatic carbocycles. The summed E-state index contributed by atoms with van der Waals surface area (Å²) in [5.74, 6) is 0. The molecule has 80 valence electrons. The predicted octanol–water partition coefficient (Wildman–Crippen LogP) is 0.174. The van der Waals surface area contributed by atoms with Crippen LogP contribution < -0.4 is 11.1 Å². The zero-order valence-electron chi connectivity index (χ0n) is 8.88. The molecular weight excluding hydrogens is 184 g/mol. The van der Waals surface area contributed by atoms with Crippen LogP contribution in [-0.4, -0.2) is 36.2 Å². The van der Waals surface area contributed by atoms with Gasteiger partial charge in [0.2, 0.25) is 0 Å². The van der Waals surface area contributed by atoms with Crippen molar-refractivity contribution in [2.45, 2.75) is 32.0 Å². The van der Waals surface area contributed by atoms with E-state index in [-0.39, 0.29) is 6.17 Å². The van der Waals surface area contributed by atoms with E-state index >= 15 is 0 Å². The molecule has 0 bridgehead atoms. The van der Waals surface area contributed by atoms with E-state index in [9.17, 15) is 0 Å². The van der Waals surface area contributed by atoms with Crippen LogP contribution in [0.1, 0.15) is 19.8 Å². The van der Waals surface area contributed by atoms with Crippen molar-refractivity contribution in [3.8, 4) is 0 Å². The van der Waals surface area contributed by atoms with E-state index in [2.05, 4.69) is 5.32 Å². The lowest BCUT2D eigenvalue weighted by atomic mass is 10.3. The molecule has 0 rings (SSSR count). The average molecular weight is 206 g/mol. The largest absolute Gasteiger partial charge is 0.400 e. The average Bonchev–Trinajstić information content (AvgIpc) is 2.11. The monoisotopic (exact) mass is 206 g/mol. The molecular formula is C8H22N2O2Si. The summed E-state index contributed by atoms with van der Waals surface area (Å²) >= 11 is 0. The van der Waals surface area contributed by atoms with Gasteiger partial charge in [0.1, 0.15) is 0 Å². The van der Waals surface area contributed by atoms with Crippen LogP contribution in [0.15, 0.2) is 0 Å². The van der Waals surface area contributed by atoms with Gasteiger partial charge >= 0.3 is 9.28 Å². The van der Waals surface area contributed by atoms with Crippen LogP contribution >= 0.6 is 0 Å². The second-order valence-corrected chi connectivity index (χ2v) is 5.52. The maximum atomic E-state index is 5.53. The molecule has 0 amide bonds. The number of hydrogen-bond acceptors (Lipinski definition) is 4. The minimum atomic E-state index is -1.32. The summed E-state index contributed by atoms with van der Waals surface area (Å²) in [5, 5.41) is 3.17. The van der Waals surface area contributed by atoms with E-state index in [0.29, 0.717) is 0 Å². The van der Waals surface area contributed by atoms with Gasteiger partial charge < -0.3 is 19.9 Å². The van der Waals surface area contributed by atoms with Gasteiger partial charge in [0, 0.05) is 14.2 Å².